The molecule has 1 aliphatic rings. The maximum absolute atomic E-state index is 12.7. The summed E-state index contributed by atoms with van der Waals surface area (Å²) >= 11 is 0. The van der Waals surface area contributed by atoms with Crippen molar-refractivity contribution >= 4 is 17.6 Å². The first-order valence-corrected chi connectivity index (χ1v) is 9.64. The van der Waals surface area contributed by atoms with Crippen molar-refractivity contribution in [1.82, 2.24) is 10.2 Å². The molecule has 0 saturated heterocycles. The number of hydrogen-bond donors (Lipinski definition) is 2. The minimum absolute atomic E-state index is 0.0699. The second kappa shape index (κ2) is 9.32. The van der Waals surface area contributed by atoms with Crippen LogP contribution in [0.1, 0.15) is 28.8 Å². The van der Waals surface area contributed by atoms with Gasteiger partial charge in [0.05, 0.1) is 14.2 Å². The van der Waals surface area contributed by atoms with Gasteiger partial charge in [-0.25, -0.2) is 4.79 Å². The van der Waals surface area contributed by atoms with Crippen molar-refractivity contribution in [3.8, 4) is 11.5 Å². The Morgan fingerprint density at radius 1 is 1.03 bits per heavy atom. The van der Waals surface area contributed by atoms with E-state index in [0.29, 0.717) is 41.8 Å². The number of rotatable bonds is 8. The van der Waals surface area contributed by atoms with E-state index in [1.165, 1.54) is 0 Å². The van der Waals surface area contributed by atoms with Gasteiger partial charge in [0, 0.05) is 30.9 Å². The number of hydrogen-bond acceptors (Lipinski definition) is 4. The molecule has 0 bridgehead atoms. The van der Waals surface area contributed by atoms with Gasteiger partial charge in [-0.1, -0.05) is 6.07 Å². The molecule has 2 aromatic carbocycles. The smallest absolute Gasteiger partial charge is 0.319 e. The molecule has 2 N–H and O–H groups in total. The maximum atomic E-state index is 12.7. The summed E-state index contributed by atoms with van der Waals surface area (Å²) in [6.45, 7) is 0.568. The molecule has 0 atom stereocenters. The van der Waals surface area contributed by atoms with Crippen LogP contribution in [-0.2, 0) is 6.42 Å². The molecule has 3 amide bonds. The van der Waals surface area contributed by atoms with Crippen molar-refractivity contribution in [1.29, 1.82) is 0 Å². The molecule has 2 aromatic rings. The van der Waals surface area contributed by atoms with Gasteiger partial charge in [-0.3, -0.25) is 4.79 Å². The predicted molar refractivity (Wildman–Crippen MR) is 112 cm³/mol. The van der Waals surface area contributed by atoms with E-state index in [4.69, 9.17) is 9.47 Å². The van der Waals surface area contributed by atoms with Crippen LogP contribution in [0.5, 0.6) is 11.5 Å². The van der Waals surface area contributed by atoms with Gasteiger partial charge >= 0.3 is 6.03 Å². The zero-order valence-corrected chi connectivity index (χ0v) is 17.0. The minimum Gasteiger partial charge on any atom is -0.493 e. The normalized spacial score (nSPS) is 12.8. The molecule has 29 heavy (non-hydrogen) atoms. The Morgan fingerprint density at radius 2 is 1.72 bits per heavy atom. The fourth-order valence-corrected chi connectivity index (χ4v) is 2.93. The van der Waals surface area contributed by atoms with E-state index in [2.05, 4.69) is 10.6 Å². The molecule has 0 unspecified atom stereocenters. The Balaban J connectivity index is 1.53. The van der Waals surface area contributed by atoms with Gasteiger partial charge in [0.1, 0.15) is 0 Å². The number of ether oxygens (including phenoxy) is 2. The molecule has 0 aliphatic heterocycles. The fraction of sp³-hybridized carbons (Fsp3) is 0.364. The monoisotopic (exact) mass is 397 g/mol. The molecule has 7 nitrogen and oxygen atoms in total. The number of anilines is 1. The highest BCUT2D eigenvalue weighted by atomic mass is 16.5. The summed E-state index contributed by atoms with van der Waals surface area (Å²) in [6, 6.07) is 12.8. The maximum Gasteiger partial charge on any atom is 0.319 e. The Bertz CT molecular complexity index is 863. The lowest BCUT2D eigenvalue weighted by molar-refractivity contribution is 0.0796. The van der Waals surface area contributed by atoms with Crippen LogP contribution in [0.2, 0.25) is 0 Å². The second-order valence-corrected chi connectivity index (χ2v) is 7.12. The Kier molecular flexibility index (Phi) is 6.59. The zero-order chi connectivity index (χ0) is 20.8. The summed E-state index contributed by atoms with van der Waals surface area (Å²) in [6.07, 6.45) is 2.77. The quantitative estimate of drug-likeness (QED) is 0.716. The summed E-state index contributed by atoms with van der Waals surface area (Å²) in [5.74, 6) is 1.28. The number of carbonyl (C=O) groups excluding carboxylic acids is 2. The third-order valence-electron chi connectivity index (χ3n) is 4.83. The second-order valence-electron chi connectivity index (χ2n) is 7.12. The summed E-state index contributed by atoms with van der Waals surface area (Å²) < 4.78 is 10.6. The summed E-state index contributed by atoms with van der Waals surface area (Å²) in [4.78, 5) is 26.1. The summed E-state index contributed by atoms with van der Waals surface area (Å²) in [7, 11) is 4.98. The van der Waals surface area contributed by atoms with E-state index in [1.807, 2.05) is 18.2 Å². The highest BCUT2D eigenvalue weighted by Gasteiger charge is 2.23. The lowest BCUT2D eigenvalue weighted by atomic mass is 10.1. The SMILES string of the molecule is COc1ccc(CCN(C)C(=O)c2ccc(NC(=O)NC3CC3)cc2)cc1OC. The van der Waals surface area contributed by atoms with Gasteiger partial charge < -0.3 is 25.0 Å². The number of amides is 3. The average Bonchev–Trinajstić information content (AvgIpc) is 3.55. The van der Waals surface area contributed by atoms with Crippen LogP contribution in [0.4, 0.5) is 10.5 Å². The van der Waals surface area contributed by atoms with Crippen molar-refractivity contribution in [3.05, 3.63) is 53.6 Å². The van der Waals surface area contributed by atoms with Crippen LogP contribution in [0.25, 0.3) is 0 Å². The molecule has 1 saturated carbocycles. The highest BCUT2D eigenvalue weighted by molar-refractivity contribution is 5.95. The van der Waals surface area contributed by atoms with Crippen LogP contribution in [-0.4, -0.2) is 50.7 Å². The molecule has 1 fully saturated rings. The van der Waals surface area contributed by atoms with Crippen molar-refractivity contribution in [3.63, 3.8) is 0 Å². The number of carbonyl (C=O) groups is 2. The molecule has 0 aromatic heterocycles. The zero-order valence-electron chi connectivity index (χ0n) is 17.0. The van der Waals surface area contributed by atoms with Gasteiger partial charge in [-0.2, -0.15) is 0 Å². The van der Waals surface area contributed by atoms with Crippen LogP contribution in [0.15, 0.2) is 42.5 Å². The van der Waals surface area contributed by atoms with E-state index in [0.717, 1.165) is 18.4 Å². The van der Waals surface area contributed by atoms with Crippen molar-refractivity contribution < 1.29 is 19.1 Å². The van der Waals surface area contributed by atoms with Crippen LogP contribution >= 0.6 is 0 Å². The first kappa shape index (κ1) is 20.5. The third kappa shape index (κ3) is 5.63. The van der Waals surface area contributed by atoms with E-state index in [-0.39, 0.29) is 11.9 Å². The predicted octanol–water partition coefficient (Wildman–Crippen LogP) is 3.30. The van der Waals surface area contributed by atoms with E-state index < -0.39 is 0 Å². The molecular formula is C22H27N3O4. The highest BCUT2D eigenvalue weighted by Crippen LogP contribution is 2.27. The topological polar surface area (TPSA) is 79.9 Å². The molecule has 154 valence electrons. The van der Waals surface area contributed by atoms with E-state index in [1.54, 1.807) is 50.4 Å². The lowest BCUT2D eigenvalue weighted by Crippen LogP contribution is -2.30. The van der Waals surface area contributed by atoms with Crippen LogP contribution in [0.3, 0.4) is 0 Å². The van der Waals surface area contributed by atoms with Crippen molar-refractivity contribution in [2.45, 2.75) is 25.3 Å². The van der Waals surface area contributed by atoms with Crippen molar-refractivity contribution in [2.75, 3.05) is 33.1 Å². The fourth-order valence-electron chi connectivity index (χ4n) is 2.93. The van der Waals surface area contributed by atoms with Gasteiger partial charge in [-0.15, -0.1) is 0 Å². The standard InChI is InChI=1S/C22H27N3O4/c1-25(13-12-15-4-11-19(28-2)20(14-15)29-3)21(26)16-5-7-17(8-6-16)23-22(27)24-18-9-10-18/h4-8,11,14,18H,9-10,12-13H2,1-3H3,(H2,23,24,27). The van der Waals surface area contributed by atoms with Gasteiger partial charge in [0.25, 0.3) is 5.91 Å². The summed E-state index contributed by atoms with van der Waals surface area (Å²) in [5, 5.41) is 5.64. The van der Waals surface area contributed by atoms with Gasteiger partial charge in [0.15, 0.2) is 11.5 Å². The Labute approximate surface area is 171 Å². The first-order chi connectivity index (χ1) is 14.0. The van der Waals surface area contributed by atoms with Gasteiger partial charge in [-0.05, 0) is 61.2 Å². The average molecular weight is 397 g/mol. The number of urea groups is 1. The first-order valence-electron chi connectivity index (χ1n) is 9.64. The molecular weight excluding hydrogens is 370 g/mol. The lowest BCUT2D eigenvalue weighted by Gasteiger charge is -2.18. The van der Waals surface area contributed by atoms with Crippen LogP contribution < -0.4 is 20.1 Å². The molecule has 1 aliphatic carbocycles. The number of methoxy groups -OCH3 is 2. The van der Waals surface area contributed by atoms with E-state index >= 15 is 0 Å². The van der Waals surface area contributed by atoms with Crippen LogP contribution in [0, 0.1) is 0 Å². The minimum atomic E-state index is -0.210. The number of likely N-dealkylation sites (N-methyl/N-ethyl adjacent to an activating group) is 1. The third-order valence-corrected chi connectivity index (χ3v) is 4.83. The molecule has 0 spiro atoms. The molecule has 7 heteroatoms. The molecule has 0 radical (unpaired) electrons. The number of nitrogens with zero attached hydrogens (tertiary/aromatic N) is 1. The molecule has 0 heterocycles. The van der Waals surface area contributed by atoms with E-state index in [9.17, 15) is 9.59 Å². The largest absolute Gasteiger partial charge is 0.493 e. The summed E-state index contributed by atoms with van der Waals surface area (Å²) in [5.41, 5.74) is 2.30. The Hall–Kier alpha value is -3.22. The Morgan fingerprint density at radius 3 is 2.34 bits per heavy atom. The van der Waals surface area contributed by atoms with Crippen molar-refractivity contribution in [2.24, 2.45) is 0 Å². The number of nitrogens with one attached hydrogen (secondary N) is 2. The number of benzene rings is 2. The molecule has 3 rings (SSSR count). The van der Waals surface area contributed by atoms with Gasteiger partial charge in [0.2, 0.25) is 0 Å².